The van der Waals surface area contributed by atoms with Gasteiger partial charge in [-0.05, 0) is 96.3 Å². The maximum absolute atomic E-state index is 11.6. The molecule has 6 nitrogen and oxygen atoms in total. The lowest BCUT2D eigenvalue weighted by Gasteiger charge is -2.25. The van der Waals surface area contributed by atoms with Gasteiger partial charge < -0.3 is 14.4 Å². The van der Waals surface area contributed by atoms with Crippen molar-refractivity contribution in [3.63, 3.8) is 0 Å². The zero-order valence-corrected chi connectivity index (χ0v) is 24.4. The van der Waals surface area contributed by atoms with Crippen molar-refractivity contribution in [2.75, 3.05) is 0 Å². The Hall–Kier alpha value is -4.31. The van der Waals surface area contributed by atoms with Crippen molar-refractivity contribution in [3.8, 4) is 34.3 Å². The summed E-state index contributed by atoms with van der Waals surface area (Å²) in [5.41, 5.74) is 6.30. The molecule has 1 fully saturated rings. The van der Waals surface area contributed by atoms with Crippen LogP contribution in [0.25, 0.3) is 33.5 Å². The smallest absolute Gasteiger partial charge is 0.335 e. The minimum atomic E-state index is -0.957. The van der Waals surface area contributed by atoms with E-state index in [-0.39, 0.29) is 18.0 Å². The lowest BCUT2D eigenvalue weighted by atomic mass is 9.95. The van der Waals surface area contributed by atoms with E-state index < -0.39 is 5.97 Å². The summed E-state index contributed by atoms with van der Waals surface area (Å²) in [7, 11) is 0. The number of hydrogen-bond donors (Lipinski definition) is 1. The number of aromatic nitrogens is 2. The summed E-state index contributed by atoms with van der Waals surface area (Å²) in [6, 6.07) is 28.8. The van der Waals surface area contributed by atoms with Crippen molar-refractivity contribution in [1.29, 1.82) is 5.26 Å². The first-order chi connectivity index (χ1) is 20.0. The molecular formula is C34H29Cl2N3O3. The molecule has 212 valence electrons. The number of halogens is 2. The zero-order valence-electron chi connectivity index (χ0n) is 22.8. The van der Waals surface area contributed by atoms with Crippen LogP contribution in [0, 0.1) is 11.3 Å². The number of hydrogen-bond acceptors (Lipinski definition) is 4. The molecule has 0 amide bonds. The Labute approximate surface area is 255 Å². The quantitative estimate of drug-likeness (QED) is 0.202. The number of carbonyl (C=O) groups is 1. The van der Waals surface area contributed by atoms with E-state index in [4.69, 9.17) is 21.3 Å². The molecule has 42 heavy (non-hydrogen) atoms. The molecule has 1 aromatic heterocycles. The van der Waals surface area contributed by atoms with Crippen molar-refractivity contribution >= 4 is 41.0 Å². The number of fused-ring (bicyclic) bond motifs is 1. The monoisotopic (exact) mass is 597 g/mol. The molecule has 0 aliphatic heterocycles. The molecule has 0 radical (unpaired) electrons. The Bertz CT molecular complexity index is 1770. The molecule has 0 spiro atoms. The molecule has 4 aromatic carbocycles. The second-order valence-electron chi connectivity index (χ2n) is 10.4. The van der Waals surface area contributed by atoms with E-state index in [0.29, 0.717) is 34.5 Å². The molecule has 1 aliphatic carbocycles. The van der Waals surface area contributed by atoms with Crippen molar-refractivity contribution in [3.05, 3.63) is 107 Å². The summed E-state index contributed by atoms with van der Waals surface area (Å²) in [5, 5.41) is 19.6. The van der Waals surface area contributed by atoms with Crippen LogP contribution in [0.4, 0.5) is 0 Å². The van der Waals surface area contributed by atoms with Crippen molar-refractivity contribution < 1.29 is 14.6 Å². The lowest BCUT2D eigenvalue weighted by molar-refractivity contribution is 0.0697. The van der Waals surface area contributed by atoms with Gasteiger partial charge in [0.25, 0.3) is 0 Å². The molecule has 0 atom stereocenters. The van der Waals surface area contributed by atoms with Gasteiger partial charge in [-0.25, -0.2) is 9.78 Å². The molecule has 1 aliphatic rings. The Morgan fingerprint density at radius 1 is 0.952 bits per heavy atom. The van der Waals surface area contributed by atoms with Crippen LogP contribution in [0.15, 0.2) is 84.9 Å². The second kappa shape index (κ2) is 12.7. The first-order valence-corrected chi connectivity index (χ1v) is 14.2. The first kappa shape index (κ1) is 29.2. The van der Waals surface area contributed by atoms with Gasteiger partial charge in [-0.3, -0.25) is 0 Å². The molecule has 1 N–H and O–H groups in total. The van der Waals surface area contributed by atoms with Gasteiger partial charge >= 0.3 is 5.97 Å². The van der Waals surface area contributed by atoms with Crippen LogP contribution in [-0.4, -0.2) is 20.6 Å². The summed E-state index contributed by atoms with van der Waals surface area (Å²) in [6.45, 7) is 0.297. The molecule has 0 unspecified atom stereocenters. The van der Waals surface area contributed by atoms with Crippen LogP contribution in [0.3, 0.4) is 0 Å². The maximum Gasteiger partial charge on any atom is 0.335 e. The summed E-state index contributed by atoms with van der Waals surface area (Å²) in [6.07, 6.45) is 5.75. The Kier molecular flexibility index (Phi) is 8.82. The summed E-state index contributed by atoms with van der Waals surface area (Å²) < 4.78 is 8.48. The van der Waals surface area contributed by atoms with Crippen LogP contribution >= 0.6 is 24.0 Å². The van der Waals surface area contributed by atoms with Gasteiger partial charge in [0, 0.05) is 16.6 Å². The average molecular weight is 599 g/mol. The van der Waals surface area contributed by atoms with E-state index in [9.17, 15) is 15.2 Å². The Morgan fingerprint density at radius 2 is 1.67 bits per heavy atom. The minimum absolute atomic E-state index is 0. The molecule has 5 aromatic rings. The van der Waals surface area contributed by atoms with E-state index in [1.165, 1.54) is 19.3 Å². The number of nitrogens with zero attached hydrogens (tertiary/aromatic N) is 3. The number of ether oxygens (including phenoxy) is 1. The van der Waals surface area contributed by atoms with Crippen LogP contribution in [0.2, 0.25) is 5.02 Å². The summed E-state index contributed by atoms with van der Waals surface area (Å²) >= 11 is 6.08. The van der Waals surface area contributed by atoms with Gasteiger partial charge in [0.05, 0.1) is 28.2 Å². The number of aromatic carboxylic acids is 1. The summed E-state index contributed by atoms with van der Waals surface area (Å²) in [4.78, 5) is 16.5. The minimum Gasteiger partial charge on any atom is -0.489 e. The maximum atomic E-state index is 11.6. The molecule has 8 heteroatoms. The highest BCUT2D eigenvalue weighted by Gasteiger charge is 2.23. The zero-order chi connectivity index (χ0) is 28.3. The lowest BCUT2D eigenvalue weighted by Crippen LogP contribution is -2.14. The van der Waals surface area contributed by atoms with Gasteiger partial charge in [-0.2, -0.15) is 5.26 Å². The largest absolute Gasteiger partial charge is 0.489 e. The molecule has 0 bridgehead atoms. The fourth-order valence-electron chi connectivity index (χ4n) is 5.70. The molecule has 6 rings (SSSR count). The fourth-order valence-corrected chi connectivity index (χ4v) is 5.83. The van der Waals surface area contributed by atoms with E-state index in [1.807, 2.05) is 66.7 Å². The number of nitriles is 1. The van der Waals surface area contributed by atoms with Gasteiger partial charge in [0.15, 0.2) is 0 Å². The predicted octanol–water partition coefficient (Wildman–Crippen LogP) is 9.10. The van der Waals surface area contributed by atoms with E-state index in [1.54, 1.807) is 18.2 Å². The first-order valence-electron chi connectivity index (χ1n) is 13.8. The normalized spacial score (nSPS) is 13.3. The molecular weight excluding hydrogens is 569 g/mol. The van der Waals surface area contributed by atoms with Crippen LogP contribution < -0.4 is 4.74 Å². The third-order valence-corrected chi connectivity index (χ3v) is 8.02. The third-order valence-electron chi connectivity index (χ3n) is 7.77. The van der Waals surface area contributed by atoms with Gasteiger partial charge in [-0.1, -0.05) is 49.1 Å². The molecule has 1 saturated carbocycles. The molecule has 0 saturated heterocycles. The summed E-state index contributed by atoms with van der Waals surface area (Å²) in [5.74, 6) is 0.584. The highest BCUT2D eigenvalue weighted by atomic mass is 35.5. The van der Waals surface area contributed by atoms with Crippen LogP contribution in [0.5, 0.6) is 5.75 Å². The van der Waals surface area contributed by atoms with Crippen molar-refractivity contribution in [2.24, 2.45) is 0 Å². The number of rotatable bonds is 7. The third kappa shape index (κ3) is 5.99. The number of carboxylic acids is 1. The highest BCUT2D eigenvalue weighted by molar-refractivity contribution is 6.30. The number of carboxylic acid groups (broad SMARTS) is 1. The average Bonchev–Trinajstić information content (AvgIpc) is 3.40. The van der Waals surface area contributed by atoms with E-state index in [0.717, 1.165) is 46.4 Å². The fraction of sp³-hybridized carbons (Fsp3) is 0.206. The van der Waals surface area contributed by atoms with Crippen molar-refractivity contribution in [2.45, 2.75) is 44.8 Å². The number of benzene rings is 4. The van der Waals surface area contributed by atoms with Crippen LogP contribution in [0.1, 0.15) is 59.6 Å². The van der Waals surface area contributed by atoms with Crippen molar-refractivity contribution in [1.82, 2.24) is 9.55 Å². The van der Waals surface area contributed by atoms with Crippen LogP contribution in [-0.2, 0) is 6.61 Å². The van der Waals surface area contributed by atoms with Gasteiger partial charge in [0.2, 0.25) is 0 Å². The van der Waals surface area contributed by atoms with E-state index in [2.05, 4.69) is 10.6 Å². The predicted molar refractivity (Wildman–Crippen MR) is 167 cm³/mol. The Balaban J connectivity index is 0.00000353. The topological polar surface area (TPSA) is 88.1 Å². The van der Waals surface area contributed by atoms with Gasteiger partial charge in [0.1, 0.15) is 18.2 Å². The molecule has 1 heterocycles. The van der Waals surface area contributed by atoms with Gasteiger partial charge in [-0.15, -0.1) is 12.4 Å². The Morgan fingerprint density at radius 3 is 2.36 bits per heavy atom. The second-order valence-corrected chi connectivity index (χ2v) is 10.8. The standard InChI is InChI=1S/C34H28ClN3O3.ClH/c35-27-12-7-23(8-13-27)30-16-6-22(20-36)18-26(30)21-41-29-14-9-24(10-15-29)33-37-31-19-25(34(39)40)11-17-32(31)38(33)28-4-2-1-3-5-28;/h6-19,28H,1-5,21H2,(H,39,40);1H. The highest BCUT2D eigenvalue weighted by Crippen LogP contribution is 2.37. The van der Waals surface area contributed by atoms with E-state index >= 15 is 0 Å². The number of imidazole rings is 1. The SMILES string of the molecule is Cl.N#Cc1ccc(-c2ccc(Cl)cc2)c(COc2ccc(-c3nc4cc(C(=O)O)ccc4n3C3CCCCC3)cc2)c1.